The Balaban J connectivity index is 0.00000289. The van der Waals surface area contributed by atoms with Gasteiger partial charge in [-0.25, -0.2) is 0 Å². The maximum Gasteiger partial charge on any atom is 0.244 e. The first-order chi connectivity index (χ1) is 7.71. The van der Waals surface area contributed by atoms with Crippen LogP contribution in [0.1, 0.15) is 34.1 Å². The van der Waals surface area contributed by atoms with E-state index in [1.54, 1.807) is 11.8 Å². The van der Waals surface area contributed by atoms with E-state index in [4.69, 9.17) is 5.73 Å². The second kappa shape index (κ2) is 6.38. The largest absolute Gasteiger partial charge is 0.344 e. The smallest absolute Gasteiger partial charge is 0.244 e. The molecule has 0 bridgehead atoms. The maximum atomic E-state index is 12.0. The fourth-order valence-corrected chi connectivity index (χ4v) is 1.74. The molecule has 1 saturated heterocycles. The van der Waals surface area contributed by atoms with E-state index in [1.807, 2.05) is 20.8 Å². The average Bonchev–Trinajstić information content (AvgIpc) is 2.62. The van der Waals surface area contributed by atoms with E-state index in [2.05, 4.69) is 5.32 Å². The lowest BCUT2D eigenvalue weighted by Gasteiger charge is -2.25. The van der Waals surface area contributed by atoms with Crippen LogP contribution in [0.5, 0.6) is 0 Å². The summed E-state index contributed by atoms with van der Waals surface area (Å²) >= 11 is 0. The Kier molecular flexibility index (Phi) is 6.10. The number of likely N-dealkylation sites (tertiary alicyclic amines) is 1. The van der Waals surface area contributed by atoms with Crippen molar-refractivity contribution in [2.24, 2.45) is 11.1 Å². The minimum Gasteiger partial charge on any atom is -0.344 e. The van der Waals surface area contributed by atoms with Crippen LogP contribution in [-0.2, 0) is 9.59 Å². The molecule has 106 valence electrons. The van der Waals surface area contributed by atoms with Crippen molar-refractivity contribution in [3.8, 4) is 0 Å². The lowest BCUT2D eigenvalue weighted by atomic mass is 9.95. The standard InChI is InChI=1S/C12H23N3O2.ClH/c1-8(14-11(17)12(2,3)4)10(16)15-6-5-9(13)7-15;/h8-9H,5-7,13H2,1-4H3,(H,14,17);1H/t8?,9-;/m1./s1. The van der Waals surface area contributed by atoms with Crippen LogP contribution in [0.25, 0.3) is 0 Å². The molecule has 0 aliphatic carbocycles. The van der Waals surface area contributed by atoms with Gasteiger partial charge in [0, 0.05) is 24.5 Å². The average molecular weight is 278 g/mol. The number of halogens is 1. The molecule has 1 fully saturated rings. The van der Waals surface area contributed by atoms with E-state index in [0.29, 0.717) is 13.1 Å². The predicted octanol–water partition coefficient (Wildman–Crippen LogP) is 0.519. The van der Waals surface area contributed by atoms with Crippen LogP contribution in [-0.4, -0.2) is 41.9 Å². The van der Waals surface area contributed by atoms with Crippen LogP contribution in [0.15, 0.2) is 0 Å². The van der Waals surface area contributed by atoms with Crippen molar-refractivity contribution in [1.29, 1.82) is 0 Å². The van der Waals surface area contributed by atoms with Crippen molar-refractivity contribution >= 4 is 24.2 Å². The first kappa shape index (κ1) is 17.2. The fraction of sp³-hybridized carbons (Fsp3) is 0.833. The molecule has 6 heteroatoms. The Hall–Kier alpha value is -0.810. The van der Waals surface area contributed by atoms with E-state index in [9.17, 15) is 9.59 Å². The number of amides is 2. The van der Waals surface area contributed by atoms with Crippen LogP contribution < -0.4 is 11.1 Å². The van der Waals surface area contributed by atoms with Crippen molar-refractivity contribution in [3.63, 3.8) is 0 Å². The summed E-state index contributed by atoms with van der Waals surface area (Å²) in [5.41, 5.74) is 5.28. The first-order valence-corrected chi connectivity index (χ1v) is 6.07. The lowest BCUT2D eigenvalue weighted by molar-refractivity contribution is -0.137. The van der Waals surface area contributed by atoms with E-state index in [1.165, 1.54) is 0 Å². The van der Waals surface area contributed by atoms with Gasteiger partial charge in [0.05, 0.1) is 0 Å². The van der Waals surface area contributed by atoms with Crippen LogP contribution >= 0.6 is 12.4 Å². The summed E-state index contributed by atoms with van der Waals surface area (Å²) in [5.74, 6) is -0.155. The molecule has 3 N–H and O–H groups in total. The maximum absolute atomic E-state index is 12.0. The van der Waals surface area contributed by atoms with Gasteiger partial charge in [0.15, 0.2) is 0 Å². The highest BCUT2D eigenvalue weighted by atomic mass is 35.5. The van der Waals surface area contributed by atoms with Gasteiger partial charge < -0.3 is 16.0 Å². The number of carbonyl (C=O) groups excluding carboxylic acids is 2. The zero-order valence-electron chi connectivity index (χ0n) is 11.5. The van der Waals surface area contributed by atoms with Crippen molar-refractivity contribution < 1.29 is 9.59 Å². The van der Waals surface area contributed by atoms with Gasteiger partial charge in [0.1, 0.15) is 6.04 Å². The van der Waals surface area contributed by atoms with Crippen LogP contribution in [0.3, 0.4) is 0 Å². The predicted molar refractivity (Wildman–Crippen MR) is 73.5 cm³/mol. The topological polar surface area (TPSA) is 75.4 Å². The molecule has 0 spiro atoms. The van der Waals surface area contributed by atoms with Gasteiger partial charge in [0.2, 0.25) is 11.8 Å². The molecule has 1 heterocycles. The van der Waals surface area contributed by atoms with Gasteiger partial charge >= 0.3 is 0 Å². The molecular formula is C12H24ClN3O2. The molecule has 1 unspecified atom stereocenters. The van der Waals surface area contributed by atoms with E-state index >= 15 is 0 Å². The molecule has 0 radical (unpaired) electrons. The van der Waals surface area contributed by atoms with Gasteiger partial charge in [-0.15, -0.1) is 12.4 Å². The highest BCUT2D eigenvalue weighted by Gasteiger charge is 2.30. The monoisotopic (exact) mass is 277 g/mol. The van der Waals surface area contributed by atoms with Crippen LogP contribution in [0, 0.1) is 5.41 Å². The third-order valence-corrected chi connectivity index (χ3v) is 2.94. The van der Waals surface area contributed by atoms with Crippen molar-refractivity contribution in [3.05, 3.63) is 0 Å². The van der Waals surface area contributed by atoms with Crippen molar-refractivity contribution in [1.82, 2.24) is 10.2 Å². The lowest BCUT2D eigenvalue weighted by Crippen LogP contribution is -2.49. The number of hydrogen-bond donors (Lipinski definition) is 2. The normalized spacial score (nSPS) is 21.2. The fourth-order valence-electron chi connectivity index (χ4n) is 1.74. The number of carbonyl (C=O) groups is 2. The van der Waals surface area contributed by atoms with Crippen LogP contribution in [0.4, 0.5) is 0 Å². The molecule has 18 heavy (non-hydrogen) atoms. The third-order valence-electron chi connectivity index (χ3n) is 2.94. The van der Waals surface area contributed by atoms with Crippen molar-refractivity contribution in [2.45, 2.75) is 46.2 Å². The SMILES string of the molecule is CC(NC(=O)C(C)(C)C)C(=O)N1CC[C@@H](N)C1.Cl. The summed E-state index contributed by atoms with van der Waals surface area (Å²) < 4.78 is 0. The minimum atomic E-state index is -0.480. The summed E-state index contributed by atoms with van der Waals surface area (Å²) in [6.07, 6.45) is 0.839. The Morgan fingerprint density at radius 3 is 2.33 bits per heavy atom. The second-order valence-corrected chi connectivity index (χ2v) is 5.78. The molecule has 0 aromatic rings. The van der Waals surface area contributed by atoms with Crippen molar-refractivity contribution in [2.75, 3.05) is 13.1 Å². The van der Waals surface area contributed by atoms with E-state index in [-0.39, 0.29) is 30.3 Å². The highest BCUT2D eigenvalue weighted by Crippen LogP contribution is 2.14. The summed E-state index contributed by atoms with van der Waals surface area (Å²) in [6.45, 7) is 8.47. The summed E-state index contributed by atoms with van der Waals surface area (Å²) in [5, 5.41) is 2.74. The summed E-state index contributed by atoms with van der Waals surface area (Å²) in [7, 11) is 0. The molecule has 0 aromatic carbocycles. The summed E-state index contributed by atoms with van der Waals surface area (Å²) in [4.78, 5) is 25.5. The van der Waals surface area contributed by atoms with Gasteiger partial charge in [0.25, 0.3) is 0 Å². The Labute approximate surface area is 115 Å². The molecule has 2 amide bonds. The molecule has 1 aliphatic heterocycles. The van der Waals surface area contributed by atoms with Gasteiger partial charge in [-0.3, -0.25) is 9.59 Å². The first-order valence-electron chi connectivity index (χ1n) is 6.07. The number of nitrogens with two attached hydrogens (primary N) is 1. The number of hydrogen-bond acceptors (Lipinski definition) is 3. The molecule has 5 nitrogen and oxygen atoms in total. The van der Waals surface area contributed by atoms with E-state index in [0.717, 1.165) is 6.42 Å². The van der Waals surface area contributed by atoms with Gasteiger partial charge in [-0.1, -0.05) is 20.8 Å². The van der Waals surface area contributed by atoms with Crippen LogP contribution in [0.2, 0.25) is 0 Å². The second-order valence-electron chi connectivity index (χ2n) is 5.78. The van der Waals surface area contributed by atoms with E-state index < -0.39 is 11.5 Å². The zero-order valence-corrected chi connectivity index (χ0v) is 12.3. The number of nitrogens with one attached hydrogen (secondary N) is 1. The van der Waals surface area contributed by atoms with Gasteiger partial charge in [-0.05, 0) is 13.3 Å². The number of rotatable bonds is 2. The minimum absolute atomic E-state index is 0. The Morgan fingerprint density at radius 1 is 1.39 bits per heavy atom. The Morgan fingerprint density at radius 2 is 1.94 bits per heavy atom. The molecule has 2 atom stereocenters. The third kappa shape index (κ3) is 4.46. The zero-order chi connectivity index (χ0) is 13.2. The highest BCUT2D eigenvalue weighted by molar-refractivity contribution is 5.89. The molecular weight excluding hydrogens is 254 g/mol. The number of nitrogens with zero attached hydrogens (tertiary/aromatic N) is 1. The van der Waals surface area contributed by atoms with Gasteiger partial charge in [-0.2, -0.15) is 0 Å². The molecule has 0 saturated carbocycles. The molecule has 0 aromatic heterocycles. The summed E-state index contributed by atoms with van der Waals surface area (Å²) in [6, 6.07) is -0.406. The molecule has 1 rings (SSSR count). The quantitative estimate of drug-likeness (QED) is 0.773. The molecule has 1 aliphatic rings. The Bertz CT molecular complexity index is 315.